The molecule has 0 spiro atoms. The number of phenolic OH excluding ortho intramolecular Hbond substituents is 3. The minimum absolute atomic E-state index is 0. The molecule has 0 atom stereocenters. The third-order valence-corrected chi connectivity index (χ3v) is 6.63. The van der Waals surface area contributed by atoms with Crippen LogP contribution in [0.5, 0.6) is 17.2 Å². The van der Waals surface area contributed by atoms with Crippen molar-refractivity contribution in [3.05, 3.63) is 86.5 Å². The molecule has 7 nitrogen and oxygen atoms in total. The molecule has 40 heavy (non-hydrogen) atoms. The molecule has 0 amide bonds. The maximum Gasteiger partial charge on any atom is 0.522 e. The van der Waals surface area contributed by atoms with Crippen molar-refractivity contribution in [3.8, 4) is 17.2 Å². The molecule has 0 saturated carbocycles. The van der Waals surface area contributed by atoms with E-state index in [2.05, 4.69) is 4.90 Å². The molecule has 0 aliphatic rings. The van der Waals surface area contributed by atoms with E-state index in [0.717, 1.165) is 50.1 Å². The fourth-order valence-corrected chi connectivity index (χ4v) is 4.40. The van der Waals surface area contributed by atoms with Gasteiger partial charge in [0.2, 0.25) is 0 Å². The maximum absolute atomic E-state index is 10.7. The minimum Gasteiger partial charge on any atom is -0.507 e. The molecule has 3 aromatic carbocycles. The number of hydrogen-bond donors (Lipinski definition) is 4. The van der Waals surface area contributed by atoms with E-state index < -0.39 is 15.6 Å². The average Bonchev–Trinajstić information content (AvgIpc) is 2.77. The van der Waals surface area contributed by atoms with E-state index in [-0.39, 0.29) is 21.7 Å². The van der Waals surface area contributed by atoms with Crippen molar-refractivity contribution in [3.63, 3.8) is 0 Å². The van der Waals surface area contributed by atoms with Gasteiger partial charge in [-0.05, 0) is 58.2 Å². The van der Waals surface area contributed by atoms with Gasteiger partial charge in [0.15, 0.2) is 0 Å². The Hall–Kier alpha value is -2.57. The summed E-state index contributed by atoms with van der Waals surface area (Å²) in [7, 11) is -5.84. The monoisotopic (exact) mass is 617 g/mol. The Bertz CT molecular complexity index is 1320. The molecule has 3 aromatic rings. The summed E-state index contributed by atoms with van der Waals surface area (Å²) in [6.45, 7) is 13.3. The van der Waals surface area contributed by atoms with Crippen LogP contribution in [0.1, 0.15) is 50.1 Å². The smallest absolute Gasteiger partial charge is 0.507 e. The number of alkyl halides is 3. The average molecular weight is 618 g/mol. The number of aryl methyl sites for hydroxylation is 6. The summed E-state index contributed by atoms with van der Waals surface area (Å²) in [5.74, 6) is 0.889. The summed E-state index contributed by atoms with van der Waals surface area (Å²) < 4.78 is 57.5. The largest absolute Gasteiger partial charge is 0.522 e. The van der Waals surface area contributed by atoms with Gasteiger partial charge in [-0.15, -0.1) is 0 Å². The molecule has 12 heteroatoms. The Morgan fingerprint density at radius 1 is 0.625 bits per heavy atom. The molecule has 4 N–H and O–H groups in total. The van der Waals surface area contributed by atoms with E-state index in [0.29, 0.717) is 36.9 Å². The van der Waals surface area contributed by atoms with Crippen LogP contribution in [0, 0.1) is 41.5 Å². The van der Waals surface area contributed by atoms with E-state index in [4.69, 9.17) is 13.0 Å². The topological polar surface area (TPSA) is 118 Å². The van der Waals surface area contributed by atoms with Gasteiger partial charge in [0, 0.05) is 58.0 Å². The molecule has 3 rings (SSSR count). The molecule has 0 bridgehead atoms. The van der Waals surface area contributed by atoms with Crippen LogP contribution in [0.25, 0.3) is 0 Å². The second-order valence-electron chi connectivity index (χ2n) is 9.83. The van der Waals surface area contributed by atoms with Gasteiger partial charge in [0.05, 0.1) is 0 Å². The maximum atomic E-state index is 10.7. The first-order chi connectivity index (χ1) is 17.8. The molecule has 0 aliphatic carbocycles. The first-order valence-electron chi connectivity index (χ1n) is 11.9. The van der Waals surface area contributed by atoms with Crippen molar-refractivity contribution in [1.29, 1.82) is 0 Å². The van der Waals surface area contributed by atoms with Crippen molar-refractivity contribution >= 4 is 10.1 Å². The first-order valence-corrected chi connectivity index (χ1v) is 13.4. The Kier molecular flexibility index (Phi) is 12.3. The zero-order chi connectivity index (χ0) is 29.9. The summed E-state index contributed by atoms with van der Waals surface area (Å²) in [6.07, 6.45) is 0. The van der Waals surface area contributed by atoms with Gasteiger partial charge in [-0.1, -0.05) is 53.1 Å². The van der Waals surface area contributed by atoms with Crippen molar-refractivity contribution in [2.45, 2.75) is 66.7 Å². The number of aromatic hydroxyl groups is 3. The molecular formula is C28H34F3NO6STi. The normalized spacial score (nSPS) is 11.6. The Morgan fingerprint density at radius 2 is 0.850 bits per heavy atom. The predicted octanol–water partition coefficient (Wildman–Crippen LogP) is 6.25. The van der Waals surface area contributed by atoms with E-state index in [1.165, 1.54) is 0 Å². The van der Waals surface area contributed by atoms with Crippen molar-refractivity contribution in [2.75, 3.05) is 0 Å². The second kappa shape index (κ2) is 13.9. The molecule has 0 heterocycles. The molecule has 0 radical (unpaired) electrons. The summed E-state index contributed by atoms with van der Waals surface area (Å²) in [6, 6.07) is 11.9. The molecule has 0 saturated heterocycles. The van der Waals surface area contributed by atoms with E-state index in [1.54, 1.807) is 0 Å². The fourth-order valence-electron chi connectivity index (χ4n) is 4.40. The summed E-state index contributed by atoms with van der Waals surface area (Å²) in [5.41, 5.74) is 2.79. The Morgan fingerprint density at radius 3 is 1.05 bits per heavy atom. The van der Waals surface area contributed by atoms with Gasteiger partial charge in [0.25, 0.3) is 0 Å². The van der Waals surface area contributed by atoms with Crippen LogP contribution in [0.3, 0.4) is 0 Å². The molecule has 218 valence electrons. The fraction of sp³-hybridized carbons (Fsp3) is 0.357. The Labute approximate surface area is 247 Å². The summed E-state index contributed by atoms with van der Waals surface area (Å²) in [4.78, 5) is 2.15. The minimum atomic E-state index is -5.84. The van der Waals surface area contributed by atoms with Gasteiger partial charge < -0.3 is 15.3 Å². The quantitative estimate of drug-likeness (QED) is 0.147. The van der Waals surface area contributed by atoms with Crippen LogP contribution in [-0.2, 0) is 51.5 Å². The molecule has 0 aliphatic heterocycles. The summed E-state index contributed by atoms with van der Waals surface area (Å²) in [5, 5.41) is 32.0. The molecule has 0 fully saturated rings. The number of nitrogens with zero attached hydrogens (tertiary/aromatic N) is 1. The van der Waals surface area contributed by atoms with Crippen molar-refractivity contribution in [1.82, 2.24) is 4.90 Å². The zero-order valence-corrected chi connectivity index (χ0v) is 25.6. The van der Waals surface area contributed by atoms with Crippen LogP contribution in [0.4, 0.5) is 13.2 Å². The molecule has 0 aromatic heterocycles. The Balaban J connectivity index is 0.000000777. The van der Waals surface area contributed by atoms with Crippen LogP contribution in [-0.4, -0.2) is 38.7 Å². The number of benzene rings is 3. The van der Waals surface area contributed by atoms with Crippen molar-refractivity contribution < 1.29 is 63.2 Å². The van der Waals surface area contributed by atoms with E-state index in [9.17, 15) is 28.5 Å². The standard InChI is InChI=1S/C27H33NO3.CHF3O3S.Ti/c1-16-7-19(4)25(29)22(10-16)13-28(14-23-11-17(2)8-20(5)26(23)30)15-24-12-18(3)9-21(6)27(24)31;2-1(3,4)8(5,6)7;/h7-12,29-31H,13-15H2,1-6H3;(H,5,6,7);. The van der Waals surface area contributed by atoms with Gasteiger partial charge in [-0.3, -0.25) is 9.45 Å². The van der Waals surface area contributed by atoms with Gasteiger partial charge in [-0.2, -0.15) is 21.6 Å². The third kappa shape index (κ3) is 9.52. The second-order valence-corrected chi connectivity index (χ2v) is 11.2. The number of rotatable bonds is 6. The number of phenols is 3. The van der Waals surface area contributed by atoms with Gasteiger partial charge in [-0.25, -0.2) is 0 Å². The van der Waals surface area contributed by atoms with Crippen LogP contribution < -0.4 is 0 Å². The van der Waals surface area contributed by atoms with Gasteiger partial charge in [0.1, 0.15) is 17.2 Å². The third-order valence-electron chi connectivity index (χ3n) is 6.05. The van der Waals surface area contributed by atoms with Crippen LogP contribution in [0.2, 0.25) is 0 Å². The summed E-state index contributed by atoms with van der Waals surface area (Å²) >= 11 is 0. The van der Waals surface area contributed by atoms with E-state index >= 15 is 0 Å². The first kappa shape index (κ1) is 35.5. The van der Waals surface area contributed by atoms with Crippen LogP contribution >= 0.6 is 0 Å². The number of halogens is 3. The SMILES string of the molecule is Cc1cc(C)c(O)c(CN(Cc2cc(C)cc(C)c2O)Cc2cc(C)cc(C)c2O)c1.O=S(=O)(O)C(F)(F)F.[Ti]. The molecule has 0 unspecified atom stereocenters. The van der Waals surface area contributed by atoms with E-state index in [1.807, 2.05) is 77.9 Å². The molecular weight excluding hydrogens is 583 g/mol. The van der Waals surface area contributed by atoms with Gasteiger partial charge >= 0.3 is 15.6 Å². The number of hydrogen-bond acceptors (Lipinski definition) is 6. The predicted molar refractivity (Wildman–Crippen MR) is 143 cm³/mol. The zero-order valence-electron chi connectivity index (χ0n) is 23.2. The van der Waals surface area contributed by atoms with Crippen LogP contribution in [0.15, 0.2) is 36.4 Å². The van der Waals surface area contributed by atoms with Crippen molar-refractivity contribution in [2.24, 2.45) is 0 Å².